The summed E-state index contributed by atoms with van der Waals surface area (Å²) < 4.78 is 25.4. The van der Waals surface area contributed by atoms with Crippen LogP contribution in [0.15, 0.2) is 48.5 Å². The number of hydrogen-bond acceptors (Lipinski definition) is 2. The lowest BCUT2D eigenvalue weighted by Crippen LogP contribution is -2.14. The molecule has 2 aromatic carbocycles. The van der Waals surface area contributed by atoms with Crippen molar-refractivity contribution in [1.29, 1.82) is 0 Å². The lowest BCUT2D eigenvalue weighted by atomic mass is 10.0. The van der Waals surface area contributed by atoms with E-state index >= 15 is 0 Å². The predicted molar refractivity (Wildman–Crippen MR) is 72.8 cm³/mol. The van der Waals surface area contributed by atoms with E-state index in [2.05, 4.69) is 0 Å². The Morgan fingerprint density at radius 3 is 1.15 bits per heavy atom. The van der Waals surface area contributed by atoms with Crippen LogP contribution in [0.3, 0.4) is 0 Å². The quantitative estimate of drug-likeness (QED) is 0.626. The van der Waals surface area contributed by atoms with Gasteiger partial charge in [-0.2, -0.15) is 0 Å². The molecule has 0 aliphatic carbocycles. The Bertz CT molecular complexity index is 531. The van der Waals surface area contributed by atoms with Gasteiger partial charge in [0.1, 0.15) is 11.6 Å². The number of halogens is 2. The van der Waals surface area contributed by atoms with Crippen molar-refractivity contribution in [1.82, 2.24) is 0 Å². The van der Waals surface area contributed by atoms with Gasteiger partial charge in [-0.3, -0.25) is 9.59 Å². The van der Waals surface area contributed by atoms with E-state index in [1.165, 1.54) is 24.3 Å². The van der Waals surface area contributed by atoms with Crippen molar-refractivity contribution in [2.45, 2.75) is 13.8 Å². The molecule has 4 heteroatoms. The second kappa shape index (κ2) is 7.28. The van der Waals surface area contributed by atoms with Crippen molar-refractivity contribution < 1.29 is 18.4 Å². The number of Topliss-reactive ketones (excluding diaryl/α,β-unsaturated/α-hetero) is 2. The van der Waals surface area contributed by atoms with Gasteiger partial charge in [-0.25, -0.2) is 8.78 Å². The standard InChI is InChI=1S/C14H8F2O2.C2H6/c15-11-5-1-9(2-6-11)13(17)14(18)10-3-7-12(16)8-4-10;1-2/h1-8H;1-2H3. The topological polar surface area (TPSA) is 34.1 Å². The van der Waals surface area contributed by atoms with Gasteiger partial charge in [0.2, 0.25) is 11.6 Å². The Morgan fingerprint density at radius 2 is 0.900 bits per heavy atom. The lowest BCUT2D eigenvalue weighted by molar-refractivity contribution is 0.0817. The fourth-order valence-corrected chi connectivity index (χ4v) is 1.46. The first kappa shape index (κ1) is 15.7. The van der Waals surface area contributed by atoms with Crippen LogP contribution in [0, 0.1) is 11.6 Å². The first-order valence-electron chi connectivity index (χ1n) is 6.18. The number of hydrogen-bond donors (Lipinski definition) is 0. The number of rotatable bonds is 3. The van der Waals surface area contributed by atoms with E-state index < -0.39 is 23.2 Å². The van der Waals surface area contributed by atoms with Crippen LogP contribution in [0.25, 0.3) is 0 Å². The van der Waals surface area contributed by atoms with E-state index in [4.69, 9.17) is 0 Å². The SMILES string of the molecule is CC.O=C(C(=O)c1ccc(F)cc1)c1ccc(F)cc1. The molecule has 2 aromatic rings. The van der Waals surface area contributed by atoms with Crippen molar-refractivity contribution in [3.05, 3.63) is 71.3 Å². The van der Waals surface area contributed by atoms with Gasteiger partial charge in [0, 0.05) is 11.1 Å². The van der Waals surface area contributed by atoms with Crippen LogP contribution in [0.2, 0.25) is 0 Å². The van der Waals surface area contributed by atoms with Crippen molar-refractivity contribution in [3.8, 4) is 0 Å². The fourth-order valence-electron chi connectivity index (χ4n) is 1.46. The summed E-state index contributed by atoms with van der Waals surface area (Å²) in [6, 6.07) is 9.35. The van der Waals surface area contributed by atoms with Crippen LogP contribution in [0.1, 0.15) is 34.6 Å². The zero-order valence-electron chi connectivity index (χ0n) is 11.2. The van der Waals surface area contributed by atoms with Crippen LogP contribution >= 0.6 is 0 Å². The number of carbonyl (C=O) groups excluding carboxylic acids is 2. The summed E-state index contributed by atoms with van der Waals surface area (Å²) in [5, 5.41) is 0. The van der Waals surface area contributed by atoms with Gasteiger partial charge in [-0.1, -0.05) is 13.8 Å². The molecule has 0 heterocycles. The summed E-state index contributed by atoms with van der Waals surface area (Å²) in [6.45, 7) is 4.00. The summed E-state index contributed by atoms with van der Waals surface area (Å²) >= 11 is 0. The van der Waals surface area contributed by atoms with Crippen molar-refractivity contribution in [2.75, 3.05) is 0 Å². The van der Waals surface area contributed by atoms with Crippen LogP contribution < -0.4 is 0 Å². The Balaban J connectivity index is 0.000000956. The van der Waals surface area contributed by atoms with Gasteiger partial charge >= 0.3 is 0 Å². The minimum Gasteiger partial charge on any atom is -0.285 e. The molecule has 0 unspecified atom stereocenters. The molecule has 0 amide bonds. The third-order valence-electron chi connectivity index (χ3n) is 2.42. The maximum absolute atomic E-state index is 12.7. The fraction of sp³-hybridized carbons (Fsp3) is 0.125. The molecule has 0 saturated heterocycles. The Kier molecular flexibility index (Phi) is 5.72. The average Bonchev–Trinajstić information content (AvgIpc) is 2.49. The smallest absolute Gasteiger partial charge is 0.233 e. The summed E-state index contributed by atoms with van der Waals surface area (Å²) in [5.74, 6) is -2.47. The van der Waals surface area contributed by atoms with Crippen molar-refractivity contribution in [3.63, 3.8) is 0 Å². The molecule has 0 bridgehead atoms. The second-order valence-electron chi connectivity index (χ2n) is 3.67. The highest BCUT2D eigenvalue weighted by Crippen LogP contribution is 2.10. The van der Waals surface area contributed by atoms with Crippen LogP contribution in [0.4, 0.5) is 8.78 Å². The molecule has 0 aliphatic rings. The van der Waals surface area contributed by atoms with Crippen LogP contribution in [0.5, 0.6) is 0 Å². The molecule has 0 aromatic heterocycles. The third-order valence-corrected chi connectivity index (χ3v) is 2.42. The van der Waals surface area contributed by atoms with E-state index in [1.54, 1.807) is 0 Å². The van der Waals surface area contributed by atoms with Gasteiger partial charge in [-0.05, 0) is 48.5 Å². The summed E-state index contributed by atoms with van der Waals surface area (Å²) in [6.07, 6.45) is 0. The minimum atomic E-state index is -0.749. The van der Waals surface area contributed by atoms with Gasteiger partial charge in [0.15, 0.2) is 0 Å². The number of carbonyl (C=O) groups is 2. The van der Waals surface area contributed by atoms with Gasteiger partial charge in [0.05, 0.1) is 0 Å². The van der Waals surface area contributed by atoms with Gasteiger partial charge in [0.25, 0.3) is 0 Å². The van der Waals surface area contributed by atoms with Crippen molar-refractivity contribution in [2.24, 2.45) is 0 Å². The van der Waals surface area contributed by atoms with E-state index in [1.807, 2.05) is 13.8 Å². The largest absolute Gasteiger partial charge is 0.285 e. The number of ketones is 2. The maximum atomic E-state index is 12.7. The maximum Gasteiger partial charge on any atom is 0.233 e. The zero-order valence-corrected chi connectivity index (χ0v) is 11.2. The molecular weight excluding hydrogens is 262 g/mol. The Morgan fingerprint density at radius 1 is 0.650 bits per heavy atom. The minimum absolute atomic E-state index is 0.103. The first-order valence-corrected chi connectivity index (χ1v) is 6.18. The molecule has 0 atom stereocenters. The van der Waals surface area contributed by atoms with E-state index in [0.29, 0.717) is 0 Å². The average molecular weight is 276 g/mol. The van der Waals surface area contributed by atoms with E-state index in [-0.39, 0.29) is 11.1 Å². The van der Waals surface area contributed by atoms with Crippen LogP contribution in [-0.4, -0.2) is 11.6 Å². The number of benzene rings is 2. The molecule has 20 heavy (non-hydrogen) atoms. The normalized spacial score (nSPS) is 9.40. The summed E-state index contributed by atoms with van der Waals surface area (Å²) in [7, 11) is 0. The highest BCUT2D eigenvalue weighted by Gasteiger charge is 2.18. The van der Waals surface area contributed by atoms with Crippen LogP contribution in [-0.2, 0) is 0 Å². The predicted octanol–water partition coefficient (Wildman–Crippen LogP) is 4.06. The monoisotopic (exact) mass is 276 g/mol. The first-order chi connectivity index (χ1) is 9.58. The van der Waals surface area contributed by atoms with Gasteiger partial charge in [-0.15, -0.1) is 0 Å². The molecular formula is C16H14F2O2. The van der Waals surface area contributed by atoms with Crippen molar-refractivity contribution >= 4 is 11.6 Å². The summed E-state index contributed by atoms with van der Waals surface area (Å²) in [5.41, 5.74) is 0.205. The molecule has 0 N–H and O–H groups in total. The molecule has 0 aliphatic heterocycles. The van der Waals surface area contributed by atoms with E-state index in [0.717, 1.165) is 24.3 Å². The second-order valence-corrected chi connectivity index (χ2v) is 3.67. The molecule has 0 spiro atoms. The Labute approximate surface area is 116 Å². The summed E-state index contributed by atoms with van der Waals surface area (Å²) in [4.78, 5) is 23.6. The molecule has 2 nitrogen and oxygen atoms in total. The third kappa shape index (κ3) is 3.82. The highest BCUT2D eigenvalue weighted by atomic mass is 19.1. The molecule has 0 radical (unpaired) electrons. The zero-order chi connectivity index (χ0) is 15.1. The Hall–Kier alpha value is -2.36. The van der Waals surface area contributed by atoms with E-state index in [9.17, 15) is 18.4 Å². The molecule has 0 saturated carbocycles. The molecule has 104 valence electrons. The lowest BCUT2D eigenvalue weighted by Gasteiger charge is -2.00. The molecule has 2 rings (SSSR count). The highest BCUT2D eigenvalue weighted by molar-refractivity contribution is 6.49. The molecule has 0 fully saturated rings. The van der Waals surface area contributed by atoms with Gasteiger partial charge < -0.3 is 0 Å².